The molecule has 5 aliphatic heterocycles. The van der Waals surface area contributed by atoms with E-state index in [0.717, 1.165) is 58.1 Å². The van der Waals surface area contributed by atoms with Crippen LogP contribution in [0.5, 0.6) is 0 Å². The molecule has 5 aliphatic rings. The average Bonchev–Trinajstić information content (AvgIpc) is 3.84. The number of hydrogen-bond donors (Lipinski definition) is 0. The molecular formula is C39H48N4O5S2. The Balaban J connectivity index is 0.000000178. The Kier molecular flexibility index (Phi) is 10.8. The third kappa shape index (κ3) is 7.47. The van der Waals surface area contributed by atoms with Gasteiger partial charge in [-0.2, -0.15) is 8.42 Å². The van der Waals surface area contributed by atoms with Gasteiger partial charge in [-0.15, -0.1) is 11.8 Å². The van der Waals surface area contributed by atoms with E-state index in [4.69, 9.17) is 0 Å². The van der Waals surface area contributed by atoms with Gasteiger partial charge < -0.3 is 19.6 Å². The molecule has 3 aromatic rings. The van der Waals surface area contributed by atoms with Crippen molar-refractivity contribution < 1.29 is 22.2 Å². The topological polar surface area (TPSA) is 90.5 Å². The molecule has 3 fully saturated rings. The Labute approximate surface area is 301 Å². The summed E-state index contributed by atoms with van der Waals surface area (Å²) in [5, 5.41) is 0. The second-order valence-electron chi connectivity index (χ2n) is 14.0. The molecule has 8 rings (SSSR count). The second kappa shape index (κ2) is 15.5. The molecule has 0 aliphatic carbocycles. The Hall–Kier alpha value is -3.38. The molecule has 5 heterocycles. The number of hydrogen-bond acceptors (Lipinski definition) is 8. The lowest BCUT2D eigenvalue weighted by Crippen LogP contribution is -2.50. The first-order valence-corrected chi connectivity index (χ1v) is 20.6. The van der Waals surface area contributed by atoms with Gasteiger partial charge in [0, 0.05) is 79.3 Å². The average molecular weight is 717 g/mol. The number of rotatable bonds is 7. The number of amides is 2. The number of nitrogens with zero attached hydrogens (tertiary/aromatic N) is 4. The van der Waals surface area contributed by atoms with Gasteiger partial charge in [0.25, 0.3) is 21.9 Å². The third-order valence-corrected chi connectivity index (χ3v) is 13.4. The van der Waals surface area contributed by atoms with Gasteiger partial charge in [0.1, 0.15) is 0 Å². The Morgan fingerprint density at radius 2 is 1.40 bits per heavy atom. The fourth-order valence-corrected chi connectivity index (χ4v) is 10.6. The standard InChI is InChI=1S/C26H31N3OS.C13H17NO4S/c30-26(19-7-2-1-3-8-19)28-13-5-9-20(28)17-27-15-12-23-22(18-27)21-10-4-11-24-25(21)29(23)14-6-16-31-24;1-18-19(16,17)10-12-8-5-9-14(12)13(15)11-6-3-2-4-7-11/h1-4,7-8,10-11,20,22-23H,5-6,9,12-18H2;2-4,6-7,12H,5,8-10H2,1H3/t20-,22-,23-;12-/m00/s1. The van der Waals surface area contributed by atoms with Gasteiger partial charge in [-0.1, -0.05) is 48.5 Å². The molecular weight excluding hydrogens is 669 g/mol. The molecule has 0 radical (unpaired) electrons. The molecule has 9 nitrogen and oxygen atoms in total. The summed E-state index contributed by atoms with van der Waals surface area (Å²) in [5.74, 6) is 1.81. The minimum Gasteiger partial charge on any atom is -0.367 e. The predicted octanol–water partition coefficient (Wildman–Crippen LogP) is 5.73. The molecule has 0 saturated carbocycles. The van der Waals surface area contributed by atoms with Gasteiger partial charge in [-0.3, -0.25) is 13.8 Å². The lowest BCUT2D eigenvalue weighted by atomic mass is 9.88. The number of fused-ring (bicyclic) bond motifs is 3. The van der Waals surface area contributed by atoms with Crippen LogP contribution in [0.25, 0.3) is 0 Å². The van der Waals surface area contributed by atoms with Crippen LogP contribution in [0.15, 0.2) is 83.8 Å². The molecule has 0 aromatic heterocycles. The minimum atomic E-state index is -3.55. The van der Waals surface area contributed by atoms with E-state index in [9.17, 15) is 18.0 Å². The van der Waals surface area contributed by atoms with Crippen molar-refractivity contribution in [1.82, 2.24) is 14.7 Å². The quantitative estimate of drug-likeness (QED) is 0.287. The molecule has 4 atom stereocenters. The molecule has 266 valence electrons. The van der Waals surface area contributed by atoms with Crippen LogP contribution in [0.2, 0.25) is 0 Å². The van der Waals surface area contributed by atoms with Gasteiger partial charge in [-0.05, 0) is 80.2 Å². The van der Waals surface area contributed by atoms with Crippen molar-refractivity contribution in [2.24, 2.45) is 0 Å². The fourth-order valence-electron chi connectivity index (χ4n) is 8.64. The highest BCUT2D eigenvalue weighted by Gasteiger charge is 2.44. The first-order chi connectivity index (χ1) is 24.3. The molecule has 11 heteroatoms. The van der Waals surface area contributed by atoms with Crippen LogP contribution in [0.4, 0.5) is 5.69 Å². The normalized spacial score (nSPS) is 24.6. The first kappa shape index (κ1) is 35.0. The number of para-hydroxylation sites is 1. The number of benzene rings is 3. The molecule has 3 aromatic carbocycles. The molecule has 0 spiro atoms. The van der Waals surface area contributed by atoms with Crippen molar-refractivity contribution in [1.29, 1.82) is 0 Å². The van der Waals surface area contributed by atoms with Crippen molar-refractivity contribution >= 4 is 39.4 Å². The van der Waals surface area contributed by atoms with Gasteiger partial charge in [0.05, 0.1) is 18.6 Å². The summed E-state index contributed by atoms with van der Waals surface area (Å²) in [4.78, 5) is 36.1. The molecule has 3 saturated heterocycles. The predicted molar refractivity (Wildman–Crippen MR) is 199 cm³/mol. The van der Waals surface area contributed by atoms with Crippen LogP contribution < -0.4 is 4.90 Å². The first-order valence-electron chi connectivity index (χ1n) is 18.1. The Morgan fingerprint density at radius 1 is 0.760 bits per heavy atom. The van der Waals surface area contributed by atoms with E-state index in [2.05, 4.69) is 37.1 Å². The summed E-state index contributed by atoms with van der Waals surface area (Å²) in [6.07, 6.45) is 6.30. The summed E-state index contributed by atoms with van der Waals surface area (Å²) < 4.78 is 27.5. The van der Waals surface area contributed by atoms with Crippen LogP contribution in [0, 0.1) is 0 Å². The van der Waals surface area contributed by atoms with Crippen molar-refractivity contribution in [2.45, 2.75) is 67.5 Å². The third-order valence-electron chi connectivity index (χ3n) is 11.0. The summed E-state index contributed by atoms with van der Waals surface area (Å²) in [6.45, 7) is 6.00. The Morgan fingerprint density at radius 3 is 2.06 bits per heavy atom. The monoisotopic (exact) mass is 716 g/mol. The van der Waals surface area contributed by atoms with Crippen molar-refractivity contribution in [3.63, 3.8) is 0 Å². The maximum absolute atomic E-state index is 13.1. The van der Waals surface area contributed by atoms with E-state index in [1.54, 1.807) is 40.4 Å². The van der Waals surface area contributed by atoms with Crippen LogP contribution in [-0.2, 0) is 14.3 Å². The summed E-state index contributed by atoms with van der Waals surface area (Å²) in [5.41, 5.74) is 4.53. The smallest absolute Gasteiger partial charge is 0.269 e. The molecule has 0 unspecified atom stereocenters. The van der Waals surface area contributed by atoms with E-state index in [-0.39, 0.29) is 23.6 Å². The number of carbonyl (C=O) groups is 2. The highest BCUT2D eigenvalue weighted by Crippen LogP contribution is 2.50. The van der Waals surface area contributed by atoms with Gasteiger partial charge >= 0.3 is 0 Å². The number of likely N-dealkylation sites (tertiary alicyclic amines) is 3. The van der Waals surface area contributed by atoms with E-state index >= 15 is 0 Å². The number of piperidine rings is 1. The van der Waals surface area contributed by atoms with E-state index in [0.29, 0.717) is 36.5 Å². The lowest BCUT2D eigenvalue weighted by Gasteiger charge is -2.40. The van der Waals surface area contributed by atoms with Crippen molar-refractivity contribution in [2.75, 3.05) is 62.8 Å². The maximum Gasteiger partial charge on any atom is 0.269 e. The van der Waals surface area contributed by atoms with Crippen LogP contribution in [0.1, 0.15) is 70.7 Å². The van der Waals surface area contributed by atoms with Gasteiger partial charge in [0.2, 0.25) is 0 Å². The summed E-state index contributed by atoms with van der Waals surface area (Å²) in [7, 11) is -2.40. The fraction of sp³-hybridized carbons (Fsp3) is 0.487. The zero-order valence-electron chi connectivity index (χ0n) is 28.9. The number of carbonyl (C=O) groups excluding carboxylic acids is 2. The SMILES string of the molecule is COS(=O)(=O)C[C@@H]1CCCN1C(=O)c1ccccc1.O=C(c1ccccc1)N1CCC[C@H]1CN1CC[C@H]2[C@@H](C1)c1cccc3c1N2CCCS3. The molecule has 50 heavy (non-hydrogen) atoms. The zero-order valence-corrected chi connectivity index (χ0v) is 30.5. The second-order valence-corrected chi connectivity index (χ2v) is 16.9. The van der Waals surface area contributed by atoms with Crippen LogP contribution in [0.3, 0.4) is 0 Å². The van der Waals surface area contributed by atoms with Crippen molar-refractivity contribution in [3.8, 4) is 0 Å². The highest BCUT2D eigenvalue weighted by atomic mass is 32.2. The van der Waals surface area contributed by atoms with E-state index in [1.807, 2.05) is 48.2 Å². The van der Waals surface area contributed by atoms with Crippen LogP contribution in [-0.4, -0.2) is 111 Å². The number of thioether (sulfide) groups is 1. The van der Waals surface area contributed by atoms with Gasteiger partial charge in [0.15, 0.2) is 0 Å². The summed E-state index contributed by atoms with van der Waals surface area (Å²) >= 11 is 2.04. The lowest BCUT2D eigenvalue weighted by molar-refractivity contribution is 0.0680. The summed E-state index contributed by atoms with van der Waals surface area (Å²) in [6, 6.07) is 26.4. The molecule has 0 N–H and O–H groups in total. The zero-order chi connectivity index (χ0) is 34.7. The molecule has 0 bridgehead atoms. The van der Waals surface area contributed by atoms with E-state index in [1.165, 1.54) is 30.0 Å². The highest BCUT2D eigenvalue weighted by molar-refractivity contribution is 7.99. The van der Waals surface area contributed by atoms with Gasteiger partial charge in [-0.25, -0.2) is 0 Å². The number of anilines is 1. The van der Waals surface area contributed by atoms with Crippen LogP contribution >= 0.6 is 11.8 Å². The van der Waals surface area contributed by atoms with E-state index < -0.39 is 10.1 Å². The Bertz CT molecular complexity index is 1760. The van der Waals surface area contributed by atoms with Crippen molar-refractivity contribution in [3.05, 3.63) is 95.6 Å². The molecule has 2 amide bonds. The maximum atomic E-state index is 13.1. The minimum absolute atomic E-state index is 0.116. The largest absolute Gasteiger partial charge is 0.367 e.